The molecular formula is C14H16F2N2O. The standard InChI is InChI=1S/C14H16F2N2O/c15-11-2-1-10(12(16)8-11)7-14(19)13-9-17-3-5-18(13)6-4-17/h1-2,8,13H,3-7,9H2. The third kappa shape index (κ3) is 2.53. The van der Waals surface area contributed by atoms with Crippen LogP contribution in [0.5, 0.6) is 0 Å². The van der Waals surface area contributed by atoms with Crippen LogP contribution < -0.4 is 0 Å². The summed E-state index contributed by atoms with van der Waals surface area (Å²) in [5, 5.41) is 0. The van der Waals surface area contributed by atoms with Crippen molar-refractivity contribution in [1.82, 2.24) is 9.80 Å². The lowest BCUT2D eigenvalue weighted by Gasteiger charge is -2.46. The lowest BCUT2D eigenvalue weighted by atomic mass is 9.98. The first-order valence-electron chi connectivity index (χ1n) is 6.56. The third-order valence-electron chi connectivity index (χ3n) is 4.03. The van der Waals surface area contributed by atoms with E-state index in [1.165, 1.54) is 12.1 Å². The minimum Gasteiger partial charge on any atom is -0.299 e. The summed E-state index contributed by atoms with van der Waals surface area (Å²) in [5.74, 6) is -1.22. The van der Waals surface area contributed by atoms with E-state index in [2.05, 4.69) is 9.80 Å². The lowest BCUT2D eigenvalue weighted by Crippen LogP contribution is -2.63. The van der Waals surface area contributed by atoms with Crippen LogP contribution in [-0.2, 0) is 11.2 Å². The average molecular weight is 266 g/mol. The van der Waals surface area contributed by atoms with Crippen LogP contribution in [0, 0.1) is 11.6 Å². The molecule has 19 heavy (non-hydrogen) atoms. The van der Waals surface area contributed by atoms with Gasteiger partial charge in [-0.3, -0.25) is 14.6 Å². The summed E-state index contributed by atoms with van der Waals surface area (Å²) >= 11 is 0. The first-order chi connectivity index (χ1) is 9.13. The smallest absolute Gasteiger partial charge is 0.155 e. The van der Waals surface area contributed by atoms with Gasteiger partial charge >= 0.3 is 0 Å². The predicted octanol–water partition coefficient (Wildman–Crippen LogP) is 1.08. The van der Waals surface area contributed by atoms with E-state index in [4.69, 9.17) is 0 Å². The van der Waals surface area contributed by atoms with Crippen molar-refractivity contribution >= 4 is 5.78 Å². The van der Waals surface area contributed by atoms with Gasteiger partial charge in [0.05, 0.1) is 6.04 Å². The summed E-state index contributed by atoms with van der Waals surface area (Å²) in [4.78, 5) is 16.7. The number of carbonyl (C=O) groups excluding carboxylic acids is 1. The molecule has 2 bridgehead atoms. The number of rotatable bonds is 3. The van der Waals surface area contributed by atoms with E-state index < -0.39 is 11.6 Å². The summed E-state index contributed by atoms with van der Waals surface area (Å²) < 4.78 is 26.4. The minimum absolute atomic E-state index is 0.0231. The Bertz CT molecular complexity index is 498. The zero-order chi connectivity index (χ0) is 13.4. The van der Waals surface area contributed by atoms with Gasteiger partial charge in [-0.2, -0.15) is 0 Å². The number of carbonyl (C=O) groups is 1. The van der Waals surface area contributed by atoms with E-state index in [-0.39, 0.29) is 23.8 Å². The molecule has 3 fully saturated rings. The zero-order valence-electron chi connectivity index (χ0n) is 10.6. The van der Waals surface area contributed by atoms with Gasteiger partial charge in [0, 0.05) is 45.2 Å². The van der Waals surface area contributed by atoms with Gasteiger partial charge < -0.3 is 0 Å². The Kier molecular flexibility index (Phi) is 3.33. The van der Waals surface area contributed by atoms with E-state index in [1.54, 1.807) is 0 Å². The Balaban J connectivity index is 1.71. The first kappa shape index (κ1) is 12.7. The molecule has 4 rings (SSSR count). The molecule has 1 aromatic carbocycles. The zero-order valence-corrected chi connectivity index (χ0v) is 10.6. The highest BCUT2D eigenvalue weighted by atomic mass is 19.1. The fourth-order valence-electron chi connectivity index (χ4n) is 2.89. The second kappa shape index (κ2) is 4.98. The van der Waals surface area contributed by atoms with Gasteiger partial charge in [-0.1, -0.05) is 6.07 Å². The van der Waals surface area contributed by atoms with Crippen molar-refractivity contribution in [3.63, 3.8) is 0 Å². The van der Waals surface area contributed by atoms with Crippen LogP contribution in [0.3, 0.4) is 0 Å². The molecule has 0 N–H and O–H groups in total. The maximum absolute atomic E-state index is 13.5. The number of halogens is 2. The summed E-state index contributed by atoms with van der Waals surface area (Å²) in [6, 6.07) is 3.26. The molecular weight excluding hydrogens is 250 g/mol. The summed E-state index contributed by atoms with van der Waals surface area (Å²) in [7, 11) is 0. The Hall–Kier alpha value is -1.33. The van der Waals surface area contributed by atoms with Crippen molar-refractivity contribution < 1.29 is 13.6 Å². The second-order valence-corrected chi connectivity index (χ2v) is 5.23. The second-order valence-electron chi connectivity index (χ2n) is 5.23. The predicted molar refractivity (Wildman–Crippen MR) is 66.9 cm³/mol. The van der Waals surface area contributed by atoms with Crippen LogP contribution in [0.25, 0.3) is 0 Å². The quantitative estimate of drug-likeness (QED) is 0.818. The van der Waals surface area contributed by atoms with Crippen LogP contribution in [0.4, 0.5) is 8.78 Å². The van der Waals surface area contributed by atoms with Crippen molar-refractivity contribution in [2.75, 3.05) is 32.7 Å². The molecule has 0 spiro atoms. The average Bonchev–Trinajstić information content (AvgIpc) is 2.43. The van der Waals surface area contributed by atoms with Crippen molar-refractivity contribution in [2.45, 2.75) is 12.5 Å². The Morgan fingerprint density at radius 3 is 2.53 bits per heavy atom. The SMILES string of the molecule is O=C(Cc1ccc(F)cc1F)C1CN2CCN1CC2. The van der Waals surface area contributed by atoms with Crippen molar-refractivity contribution in [2.24, 2.45) is 0 Å². The molecule has 1 atom stereocenters. The van der Waals surface area contributed by atoms with Crippen LogP contribution in [0.1, 0.15) is 5.56 Å². The van der Waals surface area contributed by atoms with Gasteiger partial charge in [0.1, 0.15) is 11.6 Å². The van der Waals surface area contributed by atoms with E-state index in [9.17, 15) is 13.6 Å². The fourth-order valence-corrected chi connectivity index (χ4v) is 2.89. The minimum atomic E-state index is -0.635. The number of fused-ring (bicyclic) bond motifs is 3. The molecule has 3 aliphatic heterocycles. The lowest BCUT2D eigenvalue weighted by molar-refractivity contribution is -0.128. The molecule has 102 valence electrons. The number of hydrogen-bond donors (Lipinski definition) is 0. The Labute approximate surface area is 110 Å². The monoisotopic (exact) mass is 266 g/mol. The molecule has 5 heteroatoms. The molecule has 0 saturated carbocycles. The topological polar surface area (TPSA) is 23.6 Å². The normalized spacial score (nSPS) is 29.5. The van der Waals surface area contributed by atoms with Gasteiger partial charge in [0.25, 0.3) is 0 Å². The van der Waals surface area contributed by atoms with Crippen molar-refractivity contribution in [1.29, 1.82) is 0 Å². The van der Waals surface area contributed by atoms with Crippen LogP contribution in [-0.4, -0.2) is 54.3 Å². The van der Waals surface area contributed by atoms with Crippen LogP contribution >= 0.6 is 0 Å². The molecule has 0 aromatic heterocycles. The molecule has 3 saturated heterocycles. The molecule has 0 amide bonds. The Morgan fingerprint density at radius 2 is 1.95 bits per heavy atom. The number of ketones is 1. The van der Waals surface area contributed by atoms with Gasteiger partial charge in [-0.25, -0.2) is 8.78 Å². The first-order valence-corrected chi connectivity index (χ1v) is 6.56. The maximum atomic E-state index is 13.5. The molecule has 3 heterocycles. The molecule has 1 aromatic rings. The van der Waals surface area contributed by atoms with Gasteiger partial charge in [-0.15, -0.1) is 0 Å². The van der Waals surface area contributed by atoms with Crippen molar-refractivity contribution in [3.05, 3.63) is 35.4 Å². The molecule has 0 aliphatic carbocycles. The van der Waals surface area contributed by atoms with Crippen molar-refractivity contribution in [3.8, 4) is 0 Å². The van der Waals surface area contributed by atoms with Crippen LogP contribution in [0.15, 0.2) is 18.2 Å². The number of piperazine rings is 3. The highest BCUT2D eigenvalue weighted by molar-refractivity contribution is 5.86. The summed E-state index contributed by atoms with van der Waals surface area (Å²) in [6.45, 7) is 4.57. The van der Waals surface area contributed by atoms with E-state index in [0.29, 0.717) is 0 Å². The largest absolute Gasteiger partial charge is 0.299 e. The summed E-state index contributed by atoms with van der Waals surface area (Å²) in [5.41, 5.74) is 0.282. The maximum Gasteiger partial charge on any atom is 0.155 e. The highest BCUT2D eigenvalue weighted by Gasteiger charge is 2.36. The number of hydrogen-bond acceptors (Lipinski definition) is 3. The molecule has 3 nitrogen and oxygen atoms in total. The van der Waals surface area contributed by atoms with E-state index >= 15 is 0 Å². The van der Waals surface area contributed by atoms with Gasteiger partial charge in [-0.05, 0) is 11.6 Å². The summed E-state index contributed by atoms with van der Waals surface area (Å²) in [6.07, 6.45) is 0.0428. The van der Waals surface area contributed by atoms with E-state index in [1.807, 2.05) is 0 Å². The number of nitrogens with zero attached hydrogens (tertiary/aromatic N) is 2. The molecule has 3 aliphatic rings. The molecule has 0 radical (unpaired) electrons. The van der Waals surface area contributed by atoms with Crippen LogP contribution in [0.2, 0.25) is 0 Å². The molecule has 1 unspecified atom stereocenters. The number of benzene rings is 1. The van der Waals surface area contributed by atoms with Gasteiger partial charge in [0.15, 0.2) is 5.78 Å². The third-order valence-corrected chi connectivity index (χ3v) is 4.03. The number of Topliss-reactive ketones (excluding diaryl/α,β-unsaturated/α-hetero) is 1. The van der Waals surface area contributed by atoms with E-state index in [0.717, 1.165) is 38.8 Å². The van der Waals surface area contributed by atoms with Gasteiger partial charge in [0.2, 0.25) is 0 Å². The Morgan fingerprint density at radius 1 is 1.21 bits per heavy atom. The highest BCUT2D eigenvalue weighted by Crippen LogP contribution is 2.19. The fraction of sp³-hybridized carbons (Fsp3) is 0.500.